The van der Waals surface area contributed by atoms with Crippen LogP contribution in [0.4, 0.5) is 0 Å². The number of carbonyl (C=O) groups excluding carboxylic acids is 1. The van der Waals surface area contributed by atoms with E-state index in [9.17, 15) is 9.59 Å². The van der Waals surface area contributed by atoms with Crippen LogP contribution in [-0.4, -0.2) is 23.5 Å². The molecule has 0 aromatic heterocycles. The predicted octanol–water partition coefficient (Wildman–Crippen LogP) is -0.0926. The molecule has 11 heavy (non-hydrogen) atoms. The molecule has 1 fully saturated rings. The second-order valence-corrected chi connectivity index (χ2v) is 2.37. The number of carbonyl (C=O) groups is 2. The van der Waals surface area contributed by atoms with Gasteiger partial charge in [-0.3, -0.25) is 4.79 Å². The van der Waals surface area contributed by atoms with Crippen molar-refractivity contribution < 1.29 is 14.7 Å². The lowest BCUT2D eigenvalue weighted by Gasteiger charge is -2.13. The Kier molecular flexibility index (Phi) is 2.25. The van der Waals surface area contributed by atoms with Gasteiger partial charge in [-0.05, 0) is 12.8 Å². The number of amides is 1. The molecule has 0 bridgehead atoms. The zero-order valence-corrected chi connectivity index (χ0v) is 5.96. The average Bonchev–Trinajstić information content (AvgIpc) is 1.93. The van der Waals surface area contributed by atoms with Crippen LogP contribution in [-0.2, 0) is 9.59 Å². The van der Waals surface area contributed by atoms with Crippen molar-refractivity contribution in [2.24, 2.45) is 0 Å². The van der Waals surface area contributed by atoms with Crippen molar-refractivity contribution in [2.75, 3.05) is 6.54 Å². The molecule has 0 saturated carbocycles. The third-order valence-corrected chi connectivity index (χ3v) is 1.50. The van der Waals surface area contributed by atoms with Gasteiger partial charge >= 0.3 is 5.97 Å². The minimum Gasteiger partial charge on any atom is -0.478 e. The molecule has 0 unspecified atom stereocenters. The van der Waals surface area contributed by atoms with Gasteiger partial charge in [-0.1, -0.05) is 0 Å². The molecule has 2 N–H and O–H groups in total. The molecule has 0 aliphatic carbocycles. The van der Waals surface area contributed by atoms with E-state index in [1.54, 1.807) is 0 Å². The number of rotatable bonds is 1. The lowest BCUT2D eigenvalue weighted by molar-refractivity contribution is -0.132. The number of carboxylic acids is 1. The van der Waals surface area contributed by atoms with Gasteiger partial charge in [0.2, 0.25) is 5.91 Å². The van der Waals surface area contributed by atoms with Gasteiger partial charge < -0.3 is 10.4 Å². The fourth-order valence-electron chi connectivity index (χ4n) is 0.995. The molecular formula is C7H9NO3. The van der Waals surface area contributed by atoms with E-state index in [0.29, 0.717) is 18.5 Å². The zero-order valence-electron chi connectivity index (χ0n) is 5.96. The lowest BCUT2D eigenvalue weighted by atomic mass is 10.1. The van der Waals surface area contributed by atoms with Crippen LogP contribution in [0.3, 0.4) is 0 Å². The summed E-state index contributed by atoms with van der Waals surface area (Å²) in [6.45, 7) is 0.649. The first-order valence-corrected chi connectivity index (χ1v) is 3.42. The van der Waals surface area contributed by atoms with Gasteiger partial charge in [0.25, 0.3) is 0 Å². The maximum Gasteiger partial charge on any atom is 0.328 e. The maximum absolute atomic E-state index is 10.9. The van der Waals surface area contributed by atoms with E-state index < -0.39 is 5.97 Å². The van der Waals surface area contributed by atoms with Crippen molar-refractivity contribution in [3.8, 4) is 0 Å². The van der Waals surface area contributed by atoms with Crippen LogP contribution in [0.1, 0.15) is 12.8 Å². The number of piperidine rings is 1. The summed E-state index contributed by atoms with van der Waals surface area (Å²) in [5.74, 6) is -1.31. The van der Waals surface area contributed by atoms with Gasteiger partial charge in [-0.25, -0.2) is 4.79 Å². The maximum atomic E-state index is 10.9. The molecule has 1 aliphatic rings. The van der Waals surface area contributed by atoms with Gasteiger partial charge in [-0.2, -0.15) is 0 Å². The summed E-state index contributed by atoms with van der Waals surface area (Å²) < 4.78 is 0. The first kappa shape index (κ1) is 7.78. The van der Waals surface area contributed by atoms with E-state index in [-0.39, 0.29) is 5.91 Å². The Morgan fingerprint density at radius 2 is 2.36 bits per heavy atom. The highest BCUT2D eigenvalue weighted by Gasteiger charge is 2.14. The number of hydrogen-bond donors (Lipinski definition) is 2. The first-order valence-electron chi connectivity index (χ1n) is 3.42. The number of hydrogen-bond acceptors (Lipinski definition) is 2. The molecular weight excluding hydrogens is 146 g/mol. The fraction of sp³-hybridized carbons (Fsp3) is 0.429. The highest BCUT2D eigenvalue weighted by Crippen LogP contribution is 2.08. The second-order valence-electron chi connectivity index (χ2n) is 2.37. The monoisotopic (exact) mass is 155 g/mol. The third kappa shape index (κ3) is 2.07. The molecule has 1 amide bonds. The number of nitrogens with one attached hydrogen (secondary N) is 1. The summed E-state index contributed by atoms with van der Waals surface area (Å²) in [7, 11) is 0. The lowest BCUT2D eigenvalue weighted by Crippen LogP contribution is -2.31. The summed E-state index contributed by atoms with van der Waals surface area (Å²) in [6, 6.07) is 0. The largest absolute Gasteiger partial charge is 0.478 e. The first-order chi connectivity index (χ1) is 5.20. The Morgan fingerprint density at radius 3 is 2.91 bits per heavy atom. The summed E-state index contributed by atoms with van der Waals surface area (Å²) in [5, 5.41) is 10.9. The molecule has 4 nitrogen and oxygen atoms in total. The number of aliphatic carboxylic acids is 1. The van der Waals surface area contributed by atoms with Gasteiger partial charge in [-0.15, -0.1) is 0 Å². The van der Waals surface area contributed by atoms with Gasteiger partial charge in [0.05, 0.1) is 0 Å². The molecule has 0 aromatic carbocycles. The van der Waals surface area contributed by atoms with Crippen molar-refractivity contribution in [3.05, 3.63) is 11.6 Å². The van der Waals surface area contributed by atoms with Crippen LogP contribution >= 0.6 is 0 Å². The van der Waals surface area contributed by atoms with E-state index in [4.69, 9.17) is 5.11 Å². The fourth-order valence-corrected chi connectivity index (χ4v) is 0.995. The summed E-state index contributed by atoms with van der Waals surface area (Å²) in [6.07, 6.45) is 2.36. The van der Waals surface area contributed by atoms with E-state index in [1.807, 2.05) is 0 Å². The van der Waals surface area contributed by atoms with Crippen LogP contribution in [0, 0.1) is 0 Å². The standard InChI is InChI=1S/C7H9NO3/c9-6(10)4-5-2-1-3-8-7(5)11/h4H,1-3H2,(H,8,11)(H,9,10)/b5-4-. The van der Waals surface area contributed by atoms with Crippen molar-refractivity contribution in [2.45, 2.75) is 12.8 Å². The Hall–Kier alpha value is -1.32. The Labute approximate surface area is 63.9 Å². The van der Waals surface area contributed by atoms with Gasteiger partial charge in [0.1, 0.15) is 0 Å². The Morgan fingerprint density at radius 1 is 1.64 bits per heavy atom. The molecule has 1 aliphatic heterocycles. The van der Waals surface area contributed by atoms with Crippen molar-refractivity contribution in [3.63, 3.8) is 0 Å². The van der Waals surface area contributed by atoms with E-state index in [0.717, 1.165) is 12.5 Å². The van der Waals surface area contributed by atoms with Crippen LogP contribution in [0.25, 0.3) is 0 Å². The Balaban J connectivity index is 2.68. The molecule has 60 valence electrons. The minimum atomic E-state index is -1.06. The summed E-state index contributed by atoms with van der Waals surface area (Å²) >= 11 is 0. The van der Waals surface area contributed by atoms with Gasteiger partial charge in [0.15, 0.2) is 0 Å². The second kappa shape index (κ2) is 3.18. The predicted molar refractivity (Wildman–Crippen MR) is 38.0 cm³/mol. The molecule has 0 spiro atoms. The third-order valence-electron chi connectivity index (χ3n) is 1.50. The Bertz CT molecular complexity index is 220. The van der Waals surface area contributed by atoms with Gasteiger partial charge in [0, 0.05) is 18.2 Å². The topological polar surface area (TPSA) is 66.4 Å². The van der Waals surface area contributed by atoms with Crippen LogP contribution in [0.15, 0.2) is 11.6 Å². The molecule has 0 atom stereocenters. The zero-order chi connectivity index (χ0) is 8.27. The van der Waals surface area contributed by atoms with E-state index in [1.165, 1.54) is 0 Å². The average molecular weight is 155 g/mol. The smallest absolute Gasteiger partial charge is 0.328 e. The highest BCUT2D eigenvalue weighted by molar-refractivity contribution is 5.99. The minimum absolute atomic E-state index is 0.251. The SMILES string of the molecule is O=C(O)/C=C1/CCCNC1=O. The van der Waals surface area contributed by atoms with Crippen molar-refractivity contribution in [1.82, 2.24) is 5.32 Å². The quantitative estimate of drug-likeness (QED) is 0.520. The molecule has 1 saturated heterocycles. The van der Waals surface area contributed by atoms with Crippen LogP contribution in [0.5, 0.6) is 0 Å². The normalized spacial score (nSPS) is 21.5. The molecule has 4 heteroatoms. The summed E-state index contributed by atoms with van der Waals surface area (Å²) in [5.41, 5.74) is 0.365. The summed E-state index contributed by atoms with van der Waals surface area (Å²) in [4.78, 5) is 21.0. The molecule has 0 radical (unpaired) electrons. The number of carboxylic acid groups (broad SMARTS) is 1. The molecule has 1 heterocycles. The highest BCUT2D eigenvalue weighted by atomic mass is 16.4. The molecule has 1 rings (SSSR count). The molecule has 0 aromatic rings. The van der Waals surface area contributed by atoms with E-state index in [2.05, 4.69) is 5.32 Å². The van der Waals surface area contributed by atoms with E-state index >= 15 is 0 Å². The van der Waals surface area contributed by atoms with Crippen LogP contribution in [0.2, 0.25) is 0 Å². The van der Waals surface area contributed by atoms with Crippen molar-refractivity contribution in [1.29, 1.82) is 0 Å². The van der Waals surface area contributed by atoms with Crippen LogP contribution < -0.4 is 5.32 Å². The van der Waals surface area contributed by atoms with Crippen molar-refractivity contribution >= 4 is 11.9 Å².